The predicted molar refractivity (Wildman–Crippen MR) is 113 cm³/mol. The number of aromatic nitrogens is 3. The first-order chi connectivity index (χ1) is 14.6. The maximum Gasteiger partial charge on any atom is 0.254 e. The summed E-state index contributed by atoms with van der Waals surface area (Å²) in [4.78, 5) is 28.7. The van der Waals surface area contributed by atoms with Gasteiger partial charge in [-0.15, -0.1) is 0 Å². The number of benzene rings is 1. The van der Waals surface area contributed by atoms with E-state index < -0.39 is 0 Å². The van der Waals surface area contributed by atoms with Gasteiger partial charge in [0, 0.05) is 36.8 Å². The van der Waals surface area contributed by atoms with E-state index in [-0.39, 0.29) is 18.1 Å². The van der Waals surface area contributed by atoms with Gasteiger partial charge in [0.1, 0.15) is 6.10 Å². The fourth-order valence-electron chi connectivity index (χ4n) is 4.63. The number of amides is 1. The number of piperidine rings is 1. The van der Waals surface area contributed by atoms with E-state index in [1.54, 1.807) is 18.5 Å². The normalized spacial score (nSPS) is 22.3. The highest BCUT2D eigenvalue weighted by Gasteiger charge is 2.48. The van der Waals surface area contributed by atoms with Gasteiger partial charge in [0.2, 0.25) is 5.88 Å². The highest BCUT2D eigenvalue weighted by atomic mass is 16.5. The minimum atomic E-state index is -0.0234. The molecule has 6 heteroatoms. The molecular formula is C24H24N4O2. The largest absolute Gasteiger partial charge is 0.472 e. The van der Waals surface area contributed by atoms with E-state index in [2.05, 4.69) is 15.0 Å². The minimum absolute atomic E-state index is 0.0233. The number of carbonyl (C=O) groups excluding carboxylic acids is 1. The molecule has 1 aliphatic carbocycles. The number of pyridine rings is 1. The molecule has 0 N–H and O–H groups in total. The van der Waals surface area contributed by atoms with E-state index in [1.807, 2.05) is 55.3 Å². The van der Waals surface area contributed by atoms with Crippen molar-refractivity contribution in [2.24, 2.45) is 5.92 Å². The lowest BCUT2D eigenvalue weighted by atomic mass is 10.0. The highest BCUT2D eigenvalue weighted by molar-refractivity contribution is 6.00. The maximum absolute atomic E-state index is 13.6. The molecule has 2 bridgehead atoms. The van der Waals surface area contributed by atoms with Crippen molar-refractivity contribution in [1.82, 2.24) is 19.9 Å². The second kappa shape index (κ2) is 7.52. The summed E-state index contributed by atoms with van der Waals surface area (Å²) in [7, 11) is 0. The van der Waals surface area contributed by atoms with Crippen molar-refractivity contribution >= 4 is 5.91 Å². The molecule has 1 saturated heterocycles. The van der Waals surface area contributed by atoms with Gasteiger partial charge in [-0.2, -0.15) is 0 Å². The van der Waals surface area contributed by atoms with E-state index in [1.165, 1.54) is 0 Å². The Labute approximate surface area is 176 Å². The first-order valence-corrected chi connectivity index (χ1v) is 10.4. The van der Waals surface area contributed by atoms with Crippen molar-refractivity contribution in [1.29, 1.82) is 0 Å². The summed E-state index contributed by atoms with van der Waals surface area (Å²) in [5, 5.41) is 0. The maximum atomic E-state index is 13.6. The Bertz CT molecular complexity index is 1070. The smallest absolute Gasteiger partial charge is 0.254 e. The molecule has 2 aromatic heterocycles. The zero-order valence-corrected chi connectivity index (χ0v) is 17.2. The number of fused-ring (bicyclic) bond motifs is 2. The lowest BCUT2D eigenvalue weighted by Crippen LogP contribution is -2.47. The van der Waals surface area contributed by atoms with Crippen molar-refractivity contribution in [3.05, 3.63) is 71.7 Å². The van der Waals surface area contributed by atoms with E-state index >= 15 is 0 Å². The molecule has 1 saturated carbocycles. The predicted octanol–water partition coefficient (Wildman–Crippen LogP) is 3.84. The Hall–Kier alpha value is -3.28. The first-order valence-electron chi connectivity index (χ1n) is 10.4. The number of hydrogen-bond acceptors (Lipinski definition) is 5. The molecule has 1 amide bonds. The second-order valence-corrected chi connectivity index (χ2v) is 8.31. The Morgan fingerprint density at radius 2 is 1.83 bits per heavy atom. The summed E-state index contributed by atoms with van der Waals surface area (Å²) in [5.74, 6) is 1.69. The Morgan fingerprint density at radius 1 is 1.03 bits per heavy atom. The Morgan fingerprint density at radius 3 is 2.57 bits per heavy atom. The third kappa shape index (κ3) is 3.43. The quantitative estimate of drug-likeness (QED) is 0.666. The van der Waals surface area contributed by atoms with Crippen molar-refractivity contribution in [3.8, 4) is 17.3 Å². The van der Waals surface area contributed by atoms with Crippen LogP contribution in [0.1, 0.15) is 34.3 Å². The zero-order valence-electron chi connectivity index (χ0n) is 17.2. The molecular weight excluding hydrogens is 376 g/mol. The third-order valence-electron chi connectivity index (χ3n) is 6.05. The van der Waals surface area contributed by atoms with Crippen LogP contribution in [0.15, 0.2) is 55.0 Å². The fourth-order valence-corrected chi connectivity index (χ4v) is 4.63. The topological polar surface area (TPSA) is 68.2 Å². The van der Waals surface area contributed by atoms with Crippen LogP contribution in [0.25, 0.3) is 11.4 Å². The third-order valence-corrected chi connectivity index (χ3v) is 6.05. The molecule has 6 nitrogen and oxygen atoms in total. The molecule has 1 aliphatic heterocycles. The van der Waals surface area contributed by atoms with Gasteiger partial charge in [0.15, 0.2) is 5.82 Å². The number of ether oxygens (including phenoxy) is 1. The van der Waals surface area contributed by atoms with Crippen molar-refractivity contribution in [3.63, 3.8) is 0 Å². The van der Waals surface area contributed by atoms with Gasteiger partial charge in [-0.1, -0.05) is 17.7 Å². The van der Waals surface area contributed by atoms with Crippen LogP contribution in [0.2, 0.25) is 0 Å². The van der Waals surface area contributed by atoms with Crippen LogP contribution < -0.4 is 4.74 Å². The van der Waals surface area contributed by atoms with Crippen LogP contribution >= 0.6 is 0 Å². The van der Waals surface area contributed by atoms with E-state index in [0.29, 0.717) is 23.2 Å². The molecule has 3 unspecified atom stereocenters. The number of hydrogen-bond donors (Lipinski definition) is 0. The minimum Gasteiger partial charge on any atom is -0.472 e. The van der Waals surface area contributed by atoms with Crippen LogP contribution in [0, 0.1) is 19.8 Å². The lowest BCUT2D eigenvalue weighted by molar-refractivity contribution is 0.0467. The zero-order chi connectivity index (χ0) is 20.7. The summed E-state index contributed by atoms with van der Waals surface area (Å²) in [6.45, 7) is 4.79. The molecule has 30 heavy (non-hydrogen) atoms. The van der Waals surface area contributed by atoms with Crippen LogP contribution in [-0.2, 0) is 0 Å². The van der Waals surface area contributed by atoms with Crippen molar-refractivity contribution in [2.75, 3.05) is 6.54 Å². The molecule has 0 radical (unpaired) electrons. The summed E-state index contributed by atoms with van der Waals surface area (Å²) in [5.41, 5.74) is 3.60. The summed E-state index contributed by atoms with van der Waals surface area (Å²) >= 11 is 0. The van der Waals surface area contributed by atoms with Gasteiger partial charge in [-0.25, -0.2) is 15.0 Å². The van der Waals surface area contributed by atoms with E-state index in [0.717, 1.165) is 36.1 Å². The van der Waals surface area contributed by atoms with Crippen molar-refractivity contribution < 1.29 is 9.53 Å². The van der Waals surface area contributed by atoms with Gasteiger partial charge < -0.3 is 9.64 Å². The number of rotatable bonds is 4. The number of likely N-dealkylation sites (tertiary alicyclic amines) is 1. The Kier molecular flexibility index (Phi) is 4.69. The Balaban J connectivity index is 1.41. The average molecular weight is 400 g/mol. The fraction of sp³-hybridized carbons (Fsp3) is 0.333. The van der Waals surface area contributed by atoms with Crippen molar-refractivity contribution in [2.45, 2.75) is 38.8 Å². The summed E-state index contributed by atoms with van der Waals surface area (Å²) < 4.78 is 6.18. The number of aryl methyl sites for hydroxylation is 2. The van der Waals surface area contributed by atoms with Gasteiger partial charge >= 0.3 is 0 Å². The molecule has 1 aromatic carbocycles. The summed E-state index contributed by atoms with van der Waals surface area (Å²) in [6.07, 6.45) is 7.14. The molecule has 152 valence electrons. The standard InChI is InChI=1S/C24H24N4O2/c1-15-4-6-18(19(10-15)23-25-8-3-9-26-23)24(29)28-14-17-11-20(28)21(12-17)30-22-7-5-16(2)13-27-22/h3-10,13,17,20-21H,11-12,14H2,1-2H3. The number of nitrogens with zero attached hydrogens (tertiary/aromatic N) is 4. The van der Waals surface area contributed by atoms with E-state index in [4.69, 9.17) is 4.74 Å². The van der Waals surface area contributed by atoms with Gasteiger partial charge in [-0.05, 0) is 56.4 Å². The van der Waals surface area contributed by atoms with Gasteiger partial charge in [0.05, 0.1) is 11.6 Å². The molecule has 2 aliphatic rings. The van der Waals surface area contributed by atoms with Gasteiger partial charge in [-0.3, -0.25) is 4.79 Å². The van der Waals surface area contributed by atoms with E-state index in [9.17, 15) is 4.79 Å². The molecule has 3 aromatic rings. The molecule has 0 spiro atoms. The monoisotopic (exact) mass is 400 g/mol. The second-order valence-electron chi connectivity index (χ2n) is 8.31. The highest BCUT2D eigenvalue weighted by Crippen LogP contribution is 2.41. The van der Waals surface area contributed by atoms with Crippen LogP contribution in [0.5, 0.6) is 5.88 Å². The lowest BCUT2D eigenvalue weighted by Gasteiger charge is -2.33. The first kappa shape index (κ1) is 18.7. The number of carbonyl (C=O) groups is 1. The molecule has 3 heterocycles. The van der Waals surface area contributed by atoms with Crippen LogP contribution in [0.4, 0.5) is 0 Å². The van der Waals surface area contributed by atoms with Crippen LogP contribution in [-0.4, -0.2) is 44.4 Å². The van der Waals surface area contributed by atoms with Crippen LogP contribution in [0.3, 0.4) is 0 Å². The molecule has 2 fully saturated rings. The SMILES string of the molecule is Cc1ccc(OC2CC3CC2N(C(=O)c2ccc(C)cc2-c2ncccn2)C3)nc1. The summed E-state index contributed by atoms with van der Waals surface area (Å²) in [6, 6.07) is 11.6. The molecule has 5 rings (SSSR count). The molecule has 3 atom stereocenters. The van der Waals surface area contributed by atoms with Gasteiger partial charge in [0.25, 0.3) is 5.91 Å². The average Bonchev–Trinajstić information content (AvgIpc) is 3.36.